The molecule has 0 amide bonds. The van der Waals surface area contributed by atoms with Crippen molar-refractivity contribution in [2.45, 2.75) is 6.61 Å². The van der Waals surface area contributed by atoms with E-state index in [1.54, 1.807) is 0 Å². The molecule has 1 aromatic carbocycles. The molecule has 1 aliphatic heterocycles. The number of pyridine rings is 2. The highest BCUT2D eigenvalue weighted by Gasteiger charge is 2.22. The fourth-order valence-corrected chi connectivity index (χ4v) is 4.48. The zero-order chi connectivity index (χ0) is 24.5. The van der Waals surface area contributed by atoms with E-state index >= 15 is 0 Å². The van der Waals surface area contributed by atoms with Crippen molar-refractivity contribution in [3.8, 4) is 17.1 Å². The first-order valence-corrected chi connectivity index (χ1v) is 12.0. The molecule has 5 heterocycles. The summed E-state index contributed by atoms with van der Waals surface area (Å²) in [5.41, 5.74) is 5.27. The monoisotopic (exact) mass is 481 g/mol. The van der Waals surface area contributed by atoms with Crippen molar-refractivity contribution in [3.05, 3.63) is 72.7 Å². The van der Waals surface area contributed by atoms with Gasteiger partial charge in [-0.15, -0.1) is 0 Å². The lowest BCUT2D eigenvalue weighted by molar-refractivity contribution is 0.123. The first-order chi connectivity index (χ1) is 17.7. The topological polar surface area (TPSA) is 80.9 Å². The molecule has 0 saturated carbocycles. The summed E-state index contributed by atoms with van der Waals surface area (Å²) in [7, 11) is 3.95. The number of hydrogen-bond donors (Lipinski definition) is 0. The van der Waals surface area contributed by atoms with Gasteiger partial charge in [0, 0.05) is 50.4 Å². The van der Waals surface area contributed by atoms with Crippen LogP contribution in [-0.2, 0) is 11.3 Å². The summed E-state index contributed by atoms with van der Waals surface area (Å²) < 4.78 is 13.6. The molecule has 0 bridgehead atoms. The van der Waals surface area contributed by atoms with Gasteiger partial charge in [-0.25, -0.2) is 19.5 Å². The molecule has 0 N–H and O–H groups in total. The highest BCUT2D eigenvalue weighted by atomic mass is 16.5. The van der Waals surface area contributed by atoms with Crippen LogP contribution in [0.2, 0.25) is 0 Å². The zero-order valence-electron chi connectivity index (χ0n) is 20.3. The van der Waals surface area contributed by atoms with E-state index in [0.29, 0.717) is 19.1 Å². The number of benzene rings is 1. The number of imidazole rings is 1. The van der Waals surface area contributed by atoms with Crippen molar-refractivity contribution in [2.75, 3.05) is 50.2 Å². The third-order valence-electron chi connectivity index (χ3n) is 6.33. The molecule has 0 aliphatic carbocycles. The van der Waals surface area contributed by atoms with E-state index in [0.717, 1.165) is 58.1 Å². The Bertz CT molecular complexity index is 1510. The molecule has 182 valence electrons. The third kappa shape index (κ3) is 4.18. The molecule has 0 unspecified atom stereocenters. The van der Waals surface area contributed by atoms with Gasteiger partial charge in [0.1, 0.15) is 23.8 Å². The molecule has 0 atom stereocenters. The fourth-order valence-electron chi connectivity index (χ4n) is 4.48. The average molecular weight is 482 g/mol. The van der Waals surface area contributed by atoms with Crippen molar-refractivity contribution in [1.29, 1.82) is 0 Å². The zero-order valence-corrected chi connectivity index (χ0v) is 20.3. The molecule has 5 aromatic rings. The maximum atomic E-state index is 6.16. The Labute approximate surface area is 208 Å². The van der Waals surface area contributed by atoms with E-state index in [1.165, 1.54) is 0 Å². The van der Waals surface area contributed by atoms with Gasteiger partial charge < -0.3 is 19.3 Å². The van der Waals surface area contributed by atoms with E-state index in [4.69, 9.17) is 14.5 Å². The van der Waals surface area contributed by atoms with Crippen LogP contribution >= 0.6 is 0 Å². The highest BCUT2D eigenvalue weighted by molar-refractivity contribution is 5.79. The molecule has 1 fully saturated rings. The van der Waals surface area contributed by atoms with Gasteiger partial charge in [-0.2, -0.15) is 5.10 Å². The molecular formula is C27H27N7O2. The summed E-state index contributed by atoms with van der Waals surface area (Å²) in [6, 6.07) is 18.0. The van der Waals surface area contributed by atoms with Gasteiger partial charge in [0.15, 0.2) is 5.65 Å². The number of nitrogens with zero attached hydrogens (tertiary/aromatic N) is 7. The molecule has 9 heteroatoms. The van der Waals surface area contributed by atoms with E-state index in [-0.39, 0.29) is 6.61 Å². The Balaban J connectivity index is 1.41. The van der Waals surface area contributed by atoms with Gasteiger partial charge in [0.25, 0.3) is 0 Å². The minimum absolute atomic E-state index is 0.252. The number of anilines is 2. The van der Waals surface area contributed by atoms with Crippen LogP contribution in [0.15, 0.2) is 67.0 Å². The lowest BCUT2D eigenvalue weighted by Gasteiger charge is -2.28. The first-order valence-electron chi connectivity index (χ1n) is 12.0. The standard InChI is InChI=1S/C27H27N7O2/c1-32(2)24-9-7-20(17-28-24)26-22(18-36-25-10-8-19-5-3-4-6-21(19)30-25)31-27-23(11-12-29-34(26)27)33-13-15-35-16-14-33/h3-12,17H,13-16,18H2,1-2H3. The summed E-state index contributed by atoms with van der Waals surface area (Å²) in [5.74, 6) is 1.44. The van der Waals surface area contributed by atoms with E-state index in [1.807, 2.05) is 90.5 Å². The molecular weight excluding hydrogens is 454 g/mol. The molecule has 9 nitrogen and oxygen atoms in total. The van der Waals surface area contributed by atoms with Gasteiger partial charge in [0.05, 0.1) is 30.6 Å². The molecule has 36 heavy (non-hydrogen) atoms. The molecule has 0 spiro atoms. The van der Waals surface area contributed by atoms with Crippen molar-refractivity contribution in [2.24, 2.45) is 0 Å². The van der Waals surface area contributed by atoms with Crippen LogP contribution in [-0.4, -0.2) is 65.0 Å². The second-order valence-corrected chi connectivity index (χ2v) is 8.89. The molecule has 6 rings (SSSR count). The lowest BCUT2D eigenvalue weighted by atomic mass is 10.1. The van der Waals surface area contributed by atoms with E-state index in [9.17, 15) is 0 Å². The summed E-state index contributed by atoms with van der Waals surface area (Å²) in [6.45, 7) is 3.27. The van der Waals surface area contributed by atoms with Crippen LogP contribution in [0, 0.1) is 0 Å². The summed E-state index contributed by atoms with van der Waals surface area (Å²) in [4.78, 5) is 18.6. The molecule has 0 radical (unpaired) electrons. The van der Waals surface area contributed by atoms with Crippen LogP contribution in [0.25, 0.3) is 27.8 Å². The normalized spacial score (nSPS) is 13.9. The van der Waals surface area contributed by atoms with Crippen LogP contribution in [0.1, 0.15) is 5.69 Å². The number of morpholine rings is 1. The van der Waals surface area contributed by atoms with Gasteiger partial charge >= 0.3 is 0 Å². The third-order valence-corrected chi connectivity index (χ3v) is 6.33. The summed E-state index contributed by atoms with van der Waals surface area (Å²) >= 11 is 0. The smallest absolute Gasteiger partial charge is 0.214 e. The molecule has 1 aliphatic rings. The number of fused-ring (bicyclic) bond motifs is 2. The van der Waals surface area contributed by atoms with Crippen molar-refractivity contribution in [1.82, 2.24) is 24.6 Å². The van der Waals surface area contributed by atoms with Crippen LogP contribution in [0.4, 0.5) is 11.5 Å². The quantitative estimate of drug-likeness (QED) is 0.362. The maximum Gasteiger partial charge on any atom is 0.214 e. The van der Waals surface area contributed by atoms with Gasteiger partial charge in [-0.3, -0.25) is 0 Å². The SMILES string of the molecule is CN(C)c1ccc(-c2c(COc3ccc4ccccc4n3)nc3c(N4CCOCC4)ccnn23)cn1. The van der Waals surface area contributed by atoms with Crippen LogP contribution < -0.4 is 14.5 Å². The second-order valence-electron chi connectivity index (χ2n) is 8.89. The first kappa shape index (κ1) is 22.2. The number of aromatic nitrogens is 5. The van der Waals surface area contributed by atoms with Crippen molar-refractivity contribution in [3.63, 3.8) is 0 Å². The van der Waals surface area contributed by atoms with Crippen LogP contribution in [0.5, 0.6) is 5.88 Å². The number of para-hydroxylation sites is 1. The lowest BCUT2D eigenvalue weighted by Crippen LogP contribution is -2.36. The Morgan fingerprint density at radius 2 is 1.83 bits per heavy atom. The minimum Gasteiger partial charge on any atom is -0.471 e. The highest BCUT2D eigenvalue weighted by Crippen LogP contribution is 2.30. The fraction of sp³-hybridized carbons (Fsp3) is 0.259. The van der Waals surface area contributed by atoms with Gasteiger partial charge in [-0.1, -0.05) is 18.2 Å². The Hall–Kier alpha value is -4.24. The van der Waals surface area contributed by atoms with Gasteiger partial charge in [0.2, 0.25) is 5.88 Å². The Kier molecular flexibility index (Phi) is 5.82. The number of hydrogen-bond acceptors (Lipinski definition) is 8. The van der Waals surface area contributed by atoms with Gasteiger partial charge in [-0.05, 0) is 30.3 Å². The van der Waals surface area contributed by atoms with Crippen LogP contribution in [0.3, 0.4) is 0 Å². The summed E-state index contributed by atoms with van der Waals surface area (Å²) in [5, 5.41) is 5.75. The number of rotatable bonds is 6. The predicted octanol–water partition coefficient (Wildman–Crippen LogP) is 3.82. The largest absolute Gasteiger partial charge is 0.471 e. The average Bonchev–Trinajstić information content (AvgIpc) is 3.31. The second kappa shape index (κ2) is 9.43. The minimum atomic E-state index is 0.252. The Morgan fingerprint density at radius 1 is 0.972 bits per heavy atom. The maximum absolute atomic E-state index is 6.16. The Morgan fingerprint density at radius 3 is 2.64 bits per heavy atom. The van der Waals surface area contributed by atoms with E-state index in [2.05, 4.69) is 20.0 Å². The molecule has 4 aromatic heterocycles. The molecule has 1 saturated heterocycles. The van der Waals surface area contributed by atoms with E-state index < -0.39 is 0 Å². The van der Waals surface area contributed by atoms with Crippen molar-refractivity contribution >= 4 is 28.1 Å². The summed E-state index contributed by atoms with van der Waals surface area (Å²) in [6.07, 6.45) is 3.68. The predicted molar refractivity (Wildman–Crippen MR) is 140 cm³/mol. The van der Waals surface area contributed by atoms with Crippen molar-refractivity contribution < 1.29 is 9.47 Å². The number of ether oxygens (including phenoxy) is 2.